The van der Waals surface area contributed by atoms with Gasteiger partial charge in [-0.05, 0) is 17.9 Å². The molecule has 2 N–H and O–H groups in total. The molecule has 4 heteroatoms. The molecule has 0 bridgehead atoms. The minimum atomic E-state index is -0.369. The summed E-state index contributed by atoms with van der Waals surface area (Å²) in [4.78, 5) is 13.4. The summed E-state index contributed by atoms with van der Waals surface area (Å²) >= 11 is 1.70. The van der Waals surface area contributed by atoms with Gasteiger partial charge in [-0.15, -0.1) is 11.3 Å². The van der Waals surface area contributed by atoms with Crippen LogP contribution in [0, 0.1) is 0 Å². The zero-order valence-corrected chi connectivity index (χ0v) is 7.80. The standard InChI is InChI=1S/C8H12N2OS/c1-10(8(9)11)5-4-7-3-2-6-12-7/h2-3,6H,4-5H2,1H3,(H2,9,11). The van der Waals surface area contributed by atoms with Crippen molar-refractivity contribution >= 4 is 17.4 Å². The Morgan fingerprint density at radius 3 is 3.00 bits per heavy atom. The minimum Gasteiger partial charge on any atom is -0.351 e. The van der Waals surface area contributed by atoms with Crippen LogP contribution in [0.3, 0.4) is 0 Å². The van der Waals surface area contributed by atoms with Gasteiger partial charge in [-0.3, -0.25) is 0 Å². The van der Waals surface area contributed by atoms with E-state index in [-0.39, 0.29) is 6.03 Å². The van der Waals surface area contributed by atoms with Crippen LogP contribution < -0.4 is 5.73 Å². The quantitative estimate of drug-likeness (QED) is 0.756. The zero-order valence-electron chi connectivity index (χ0n) is 6.99. The van der Waals surface area contributed by atoms with Gasteiger partial charge in [0.1, 0.15) is 0 Å². The smallest absolute Gasteiger partial charge is 0.314 e. The second-order valence-corrected chi connectivity index (χ2v) is 3.62. The number of thiophene rings is 1. The fourth-order valence-electron chi connectivity index (χ4n) is 0.843. The average molecular weight is 184 g/mol. The van der Waals surface area contributed by atoms with Crippen molar-refractivity contribution in [2.45, 2.75) is 6.42 Å². The first kappa shape index (κ1) is 9.06. The van der Waals surface area contributed by atoms with Crippen LogP contribution in [-0.4, -0.2) is 24.5 Å². The fourth-order valence-corrected chi connectivity index (χ4v) is 1.54. The Balaban J connectivity index is 2.31. The van der Waals surface area contributed by atoms with Crippen molar-refractivity contribution in [3.8, 4) is 0 Å². The summed E-state index contributed by atoms with van der Waals surface area (Å²) in [6.07, 6.45) is 0.886. The van der Waals surface area contributed by atoms with Gasteiger partial charge < -0.3 is 10.6 Å². The van der Waals surface area contributed by atoms with Gasteiger partial charge in [0.2, 0.25) is 0 Å². The predicted molar refractivity (Wildman–Crippen MR) is 50.2 cm³/mol. The van der Waals surface area contributed by atoms with Gasteiger partial charge >= 0.3 is 6.03 Å². The van der Waals surface area contributed by atoms with Gasteiger partial charge in [-0.1, -0.05) is 6.07 Å². The number of carbonyl (C=O) groups is 1. The highest BCUT2D eigenvalue weighted by Gasteiger charge is 2.02. The maximum Gasteiger partial charge on any atom is 0.314 e. The molecule has 0 saturated heterocycles. The van der Waals surface area contributed by atoms with E-state index in [0.29, 0.717) is 6.54 Å². The third-order valence-corrected chi connectivity index (χ3v) is 2.59. The van der Waals surface area contributed by atoms with Crippen molar-refractivity contribution < 1.29 is 4.79 Å². The molecule has 12 heavy (non-hydrogen) atoms. The van der Waals surface area contributed by atoms with Crippen molar-refractivity contribution in [1.82, 2.24) is 4.90 Å². The van der Waals surface area contributed by atoms with E-state index >= 15 is 0 Å². The first-order chi connectivity index (χ1) is 5.70. The zero-order chi connectivity index (χ0) is 8.97. The molecule has 0 aromatic carbocycles. The number of carbonyl (C=O) groups excluding carboxylic acids is 1. The van der Waals surface area contributed by atoms with Crippen LogP contribution in [0.4, 0.5) is 4.79 Å². The lowest BCUT2D eigenvalue weighted by Crippen LogP contribution is -2.33. The average Bonchev–Trinajstić information content (AvgIpc) is 2.51. The second kappa shape index (κ2) is 4.11. The Kier molecular flexibility index (Phi) is 3.10. The third kappa shape index (κ3) is 2.54. The summed E-state index contributed by atoms with van der Waals surface area (Å²) in [6.45, 7) is 0.690. The Labute approximate surface area is 75.8 Å². The molecule has 66 valence electrons. The lowest BCUT2D eigenvalue weighted by Gasteiger charge is -2.12. The summed E-state index contributed by atoms with van der Waals surface area (Å²) in [7, 11) is 1.70. The van der Waals surface area contributed by atoms with E-state index in [0.717, 1.165) is 6.42 Å². The molecule has 0 aliphatic carbocycles. The highest BCUT2D eigenvalue weighted by Crippen LogP contribution is 2.08. The largest absolute Gasteiger partial charge is 0.351 e. The Morgan fingerprint density at radius 2 is 2.50 bits per heavy atom. The molecule has 2 amide bonds. The molecule has 0 atom stereocenters. The summed E-state index contributed by atoms with van der Waals surface area (Å²) in [5, 5.41) is 2.03. The molecule has 0 fully saturated rings. The van der Waals surface area contributed by atoms with Crippen LogP contribution in [0.25, 0.3) is 0 Å². The van der Waals surface area contributed by atoms with Crippen molar-refractivity contribution in [2.75, 3.05) is 13.6 Å². The number of rotatable bonds is 3. The number of primary amides is 1. The van der Waals surface area contributed by atoms with Gasteiger partial charge in [-0.2, -0.15) is 0 Å². The van der Waals surface area contributed by atoms with Crippen molar-refractivity contribution in [1.29, 1.82) is 0 Å². The van der Waals surface area contributed by atoms with Gasteiger partial charge in [0.05, 0.1) is 0 Å². The summed E-state index contributed by atoms with van der Waals surface area (Å²) in [5.74, 6) is 0. The van der Waals surface area contributed by atoms with Crippen LogP contribution >= 0.6 is 11.3 Å². The lowest BCUT2D eigenvalue weighted by atomic mass is 10.3. The van der Waals surface area contributed by atoms with Gasteiger partial charge in [0, 0.05) is 18.5 Å². The minimum absolute atomic E-state index is 0.369. The molecule has 1 rings (SSSR count). The summed E-state index contributed by atoms with van der Waals surface area (Å²) in [6, 6.07) is 3.69. The Morgan fingerprint density at radius 1 is 1.75 bits per heavy atom. The van der Waals surface area contributed by atoms with E-state index in [1.807, 2.05) is 11.4 Å². The van der Waals surface area contributed by atoms with Crippen molar-refractivity contribution in [2.24, 2.45) is 5.73 Å². The fraction of sp³-hybridized carbons (Fsp3) is 0.375. The molecule has 1 heterocycles. The molecule has 0 radical (unpaired) electrons. The number of nitrogens with zero attached hydrogens (tertiary/aromatic N) is 1. The maximum absolute atomic E-state index is 10.6. The van der Waals surface area contributed by atoms with Crippen LogP contribution in [0.5, 0.6) is 0 Å². The van der Waals surface area contributed by atoms with Crippen molar-refractivity contribution in [3.05, 3.63) is 22.4 Å². The summed E-state index contributed by atoms with van der Waals surface area (Å²) < 4.78 is 0. The maximum atomic E-state index is 10.6. The molecule has 3 nitrogen and oxygen atoms in total. The van der Waals surface area contributed by atoms with E-state index < -0.39 is 0 Å². The molecule has 0 unspecified atom stereocenters. The topological polar surface area (TPSA) is 46.3 Å². The van der Waals surface area contributed by atoms with Crippen molar-refractivity contribution in [3.63, 3.8) is 0 Å². The van der Waals surface area contributed by atoms with Crippen LogP contribution in [0.1, 0.15) is 4.88 Å². The number of hydrogen-bond acceptors (Lipinski definition) is 2. The van der Waals surface area contributed by atoms with E-state index in [9.17, 15) is 4.79 Å². The van der Waals surface area contributed by atoms with Crippen LogP contribution in [0.2, 0.25) is 0 Å². The summed E-state index contributed by atoms with van der Waals surface area (Å²) in [5.41, 5.74) is 5.07. The molecule has 0 spiro atoms. The van der Waals surface area contributed by atoms with Gasteiger partial charge in [-0.25, -0.2) is 4.79 Å². The van der Waals surface area contributed by atoms with E-state index in [2.05, 4.69) is 6.07 Å². The first-order valence-corrected chi connectivity index (χ1v) is 4.61. The van der Waals surface area contributed by atoms with Gasteiger partial charge in [0.15, 0.2) is 0 Å². The Bertz CT molecular complexity index is 246. The molecule has 1 aromatic heterocycles. The normalized spacial score (nSPS) is 9.75. The number of nitrogens with two attached hydrogens (primary N) is 1. The van der Waals surface area contributed by atoms with Crippen LogP contribution in [-0.2, 0) is 6.42 Å². The van der Waals surface area contributed by atoms with E-state index in [1.165, 1.54) is 9.78 Å². The number of urea groups is 1. The molecular weight excluding hydrogens is 172 g/mol. The predicted octanol–water partition coefficient (Wildman–Crippen LogP) is 1.30. The first-order valence-electron chi connectivity index (χ1n) is 3.73. The molecule has 1 aromatic rings. The molecule has 0 aliphatic rings. The molecule has 0 aliphatic heterocycles. The SMILES string of the molecule is CN(CCc1cccs1)C(N)=O. The monoisotopic (exact) mass is 184 g/mol. The Hall–Kier alpha value is -1.03. The highest BCUT2D eigenvalue weighted by atomic mass is 32.1. The molecular formula is C8H12N2OS. The second-order valence-electron chi connectivity index (χ2n) is 2.59. The molecule has 0 saturated carbocycles. The van der Waals surface area contributed by atoms with E-state index in [4.69, 9.17) is 5.73 Å². The van der Waals surface area contributed by atoms with Gasteiger partial charge in [0.25, 0.3) is 0 Å². The van der Waals surface area contributed by atoms with E-state index in [1.54, 1.807) is 18.4 Å². The highest BCUT2D eigenvalue weighted by molar-refractivity contribution is 7.09. The lowest BCUT2D eigenvalue weighted by molar-refractivity contribution is 0.219. The third-order valence-electron chi connectivity index (χ3n) is 1.65. The number of likely N-dealkylation sites (N-methyl/N-ethyl adjacent to an activating group) is 1. The van der Waals surface area contributed by atoms with Crippen LogP contribution in [0.15, 0.2) is 17.5 Å². The number of hydrogen-bond donors (Lipinski definition) is 1. The number of amides is 2.